The van der Waals surface area contributed by atoms with Crippen molar-refractivity contribution in [2.24, 2.45) is 0 Å². The molecule has 0 saturated carbocycles. The SMILES string of the molecule is CCCCCCCCCCC/C=C\C/C=C\CCCCCCCCCCCC(O)CC(=O)NC(CO)C(O)/C=C/CC/C=C/CCCCCCCCCCC. The lowest BCUT2D eigenvalue weighted by Gasteiger charge is -2.21. The molecule has 0 bridgehead atoms. The van der Waals surface area contributed by atoms with Gasteiger partial charge in [-0.1, -0.05) is 217 Å². The molecular formula is C50H93NO4. The van der Waals surface area contributed by atoms with Crippen LogP contribution in [0.5, 0.6) is 0 Å². The predicted octanol–water partition coefficient (Wildman–Crippen LogP) is 14.1. The van der Waals surface area contributed by atoms with Crippen LogP contribution in [0, 0.1) is 0 Å². The molecule has 3 atom stereocenters. The second-order valence-electron chi connectivity index (χ2n) is 16.4. The molecule has 0 spiro atoms. The maximum absolute atomic E-state index is 12.4. The van der Waals surface area contributed by atoms with Gasteiger partial charge in [-0.2, -0.15) is 0 Å². The third kappa shape index (κ3) is 41.8. The van der Waals surface area contributed by atoms with Gasteiger partial charge < -0.3 is 20.6 Å². The van der Waals surface area contributed by atoms with Crippen LogP contribution >= 0.6 is 0 Å². The number of amides is 1. The molecule has 0 aromatic carbocycles. The summed E-state index contributed by atoms with van der Waals surface area (Å²) in [6, 6.07) is -0.763. The largest absolute Gasteiger partial charge is 0.394 e. The first kappa shape index (κ1) is 53.3. The van der Waals surface area contributed by atoms with Gasteiger partial charge in [0.2, 0.25) is 5.91 Å². The Morgan fingerprint density at radius 3 is 1.27 bits per heavy atom. The Morgan fingerprint density at radius 2 is 0.836 bits per heavy atom. The first-order valence-corrected chi connectivity index (χ1v) is 23.9. The van der Waals surface area contributed by atoms with Crippen molar-refractivity contribution in [1.82, 2.24) is 5.32 Å². The fourth-order valence-electron chi connectivity index (χ4n) is 7.15. The third-order valence-electron chi connectivity index (χ3n) is 10.8. The van der Waals surface area contributed by atoms with E-state index in [-0.39, 0.29) is 18.9 Å². The van der Waals surface area contributed by atoms with Crippen molar-refractivity contribution in [3.05, 3.63) is 48.6 Å². The average molecular weight is 772 g/mol. The summed E-state index contributed by atoms with van der Waals surface area (Å²) in [5, 5.41) is 33.2. The zero-order chi connectivity index (χ0) is 40.1. The predicted molar refractivity (Wildman–Crippen MR) is 241 cm³/mol. The Bertz CT molecular complexity index is 896. The van der Waals surface area contributed by atoms with E-state index < -0.39 is 18.2 Å². The Morgan fingerprint density at radius 1 is 0.473 bits per heavy atom. The summed E-state index contributed by atoms with van der Waals surface area (Å²) in [6.45, 7) is 4.20. The topological polar surface area (TPSA) is 89.8 Å². The van der Waals surface area contributed by atoms with Crippen LogP contribution in [0.15, 0.2) is 48.6 Å². The van der Waals surface area contributed by atoms with Crippen LogP contribution < -0.4 is 5.32 Å². The van der Waals surface area contributed by atoms with Crippen LogP contribution in [-0.4, -0.2) is 46.1 Å². The monoisotopic (exact) mass is 772 g/mol. The molecule has 4 N–H and O–H groups in total. The highest BCUT2D eigenvalue weighted by Gasteiger charge is 2.20. The Hall–Kier alpha value is -1.69. The van der Waals surface area contributed by atoms with E-state index >= 15 is 0 Å². The van der Waals surface area contributed by atoms with Gasteiger partial charge in [0.1, 0.15) is 0 Å². The highest BCUT2D eigenvalue weighted by Crippen LogP contribution is 2.15. The fraction of sp³-hybridized carbons (Fsp3) is 0.820. The lowest BCUT2D eigenvalue weighted by atomic mass is 10.0. The molecule has 0 fully saturated rings. The van der Waals surface area contributed by atoms with E-state index in [0.717, 1.165) is 38.5 Å². The summed E-state index contributed by atoms with van der Waals surface area (Å²) >= 11 is 0. The van der Waals surface area contributed by atoms with Gasteiger partial charge in [-0.15, -0.1) is 0 Å². The number of carbonyl (C=O) groups is 1. The van der Waals surface area contributed by atoms with Crippen LogP contribution in [0.3, 0.4) is 0 Å². The maximum Gasteiger partial charge on any atom is 0.222 e. The molecule has 0 rings (SSSR count). The molecule has 0 radical (unpaired) electrons. The van der Waals surface area contributed by atoms with Crippen LogP contribution in [0.2, 0.25) is 0 Å². The molecule has 1 amide bonds. The number of aliphatic hydroxyl groups is 3. The number of hydrogen-bond acceptors (Lipinski definition) is 4. The average Bonchev–Trinajstić information content (AvgIpc) is 3.18. The number of nitrogens with one attached hydrogen (secondary N) is 1. The number of hydrogen-bond donors (Lipinski definition) is 4. The molecule has 0 aromatic heterocycles. The van der Waals surface area contributed by atoms with Crippen molar-refractivity contribution >= 4 is 5.91 Å². The minimum absolute atomic E-state index is 0.00196. The second kappa shape index (κ2) is 45.0. The van der Waals surface area contributed by atoms with Gasteiger partial charge in [0.15, 0.2) is 0 Å². The van der Waals surface area contributed by atoms with Crippen molar-refractivity contribution in [3.63, 3.8) is 0 Å². The van der Waals surface area contributed by atoms with E-state index in [1.54, 1.807) is 6.08 Å². The second-order valence-corrected chi connectivity index (χ2v) is 16.4. The molecule has 5 heteroatoms. The summed E-state index contributed by atoms with van der Waals surface area (Å²) in [4.78, 5) is 12.4. The smallest absolute Gasteiger partial charge is 0.222 e. The summed E-state index contributed by atoms with van der Waals surface area (Å²) < 4.78 is 0. The first-order chi connectivity index (χ1) is 27.0. The Balaban J connectivity index is 3.66. The van der Waals surface area contributed by atoms with Gasteiger partial charge in [0.05, 0.1) is 31.3 Å². The Labute approximate surface area is 342 Å². The molecule has 322 valence electrons. The quantitative estimate of drug-likeness (QED) is 0.0367. The Kier molecular flexibility index (Phi) is 43.6. The van der Waals surface area contributed by atoms with Gasteiger partial charge in [-0.05, 0) is 64.2 Å². The third-order valence-corrected chi connectivity index (χ3v) is 10.8. The van der Waals surface area contributed by atoms with E-state index in [2.05, 4.69) is 55.6 Å². The van der Waals surface area contributed by atoms with Gasteiger partial charge in [0, 0.05) is 0 Å². The van der Waals surface area contributed by atoms with Crippen LogP contribution in [-0.2, 0) is 4.79 Å². The summed E-state index contributed by atoms with van der Waals surface area (Å²) in [5.41, 5.74) is 0. The number of carbonyl (C=O) groups excluding carboxylic acids is 1. The number of aliphatic hydroxyl groups excluding tert-OH is 3. The van der Waals surface area contributed by atoms with E-state index in [0.29, 0.717) is 6.42 Å². The maximum atomic E-state index is 12.4. The molecule has 3 unspecified atom stereocenters. The highest BCUT2D eigenvalue weighted by atomic mass is 16.3. The van der Waals surface area contributed by atoms with Gasteiger partial charge in [0.25, 0.3) is 0 Å². The molecule has 0 saturated heterocycles. The zero-order valence-electron chi connectivity index (χ0n) is 36.6. The number of allylic oxidation sites excluding steroid dienone is 7. The van der Waals surface area contributed by atoms with Crippen molar-refractivity contribution in [1.29, 1.82) is 0 Å². The van der Waals surface area contributed by atoms with Gasteiger partial charge >= 0.3 is 0 Å². The normalized spacial score (nSPS) is 13.9. The van der Waals surface area contributed by atoms with E-state index in [1.807, 2.05) is 6.08 Å². The molecule has 5 nitrogen and oxygen atoms in total. The molecular weight excluding hydrogens is 679 g/mol. The zero-order valence-corrected chi connectivity index (χ0v) is 36.6. The molecule has 55 heavy (non-hydrogen) atoms. The number of unbranched alkanes of at least 4 members (excludes halogenated alkanes) is 28. The van der Waals surface area contributed by atoms with E-state index in [4.69, 9.17) is 0 Å². The van der Waals surface area contributed by atoms with Crippen LogP contribution in [0.4, 0.5) is 0 Å². The van der Waals surface area contributed by atoms with Crippen LogP contribution in [0.1, 0.15) is 239 Å². The van der Waals surface area contributed by atoms with Gasteiger partial charge in [-0.25, -0.2) is 0 Å². The van der Waals surface area contributed by atoms with Crippen molar-refractivity contribution in [3.8, 4) is 0 Å². The lowest BCUT2D eigenvalue weighted by molar-refractivity contribution is -0.124. The van der Waals surface area contributed by atoms with Crippen molar-refractivity contribution in [2.45, 2.75) is 257 Å². The fourth-order valence-corrected chi connectivity index (χ4v) is 7.15. The molecule has 0 heterocycles. The van der Waals surface area contributed by atoms with Crippen molar-refractivity contribution in [2.75, 3.05) is 6.61 Å². The van der Waals surface area contributed by atoms with Crippen molar-refractivity contribution < 1.29 is 20.1 Å². The molecule has 0 aromatic rings. The van der Waals surface area contributed by atoms with E-state index in [1.165, 1.54) is 173 Å². The van der Waals surface area contributed by atoms with Gasteiger partial charge in [-0.3, -0.25) is 4.79 Å². The summed E-state index contributed by atoms with van der Waals surface area (Å²) in [7, 11) is 0. The first-order valence-electron chi connectivity index (χ1n) is 23.9. The number of rotatable bonds is 43. The molecule has 0 aliphatic heterocycles. The standard InChI is InChI=1S/C50H93NO4/c1-3-5-7-9-11-13-15-17-19-20-21-22-23-24-25-26-27-28-30-31-33-35-37-39-41-43-47(53)45-50(55)51-48(46-52)49(54)44-42-40-38-36-34-32-29-18-16-14-12-10-8-6-4-2/h21-22,24-25,34,36,42,44,47-49,52-54H,3-20,23,26-33,35,37-41,43,45-46H2,1-2H3,(H,51,55)/b22-21-,25-24-,36-34+,44-42+. The van der Waals surface area contributed by atoms with E-state index in [9.17, 15) is 20.1 Å². The molecule has 0 aliphatic carbocycles. The summed E-state index contributed by atoms with van der Waals surface area (Å²) in [6.07, 6.45) is 58.4. The minimum atomic E-state index is -0.953. The van der Waals surface area contributed by atoms with Crippen LogP contribution in [0.25, 0.3) is 0 Å². The molecule has 0 aliphatic rings. The summed E-state index contributed by atoms with van der Waals surface area (Å²) in [5.74, 6) is -0.328. The minimum Gasteiger partial charge on any atom is -0.394 e. The highest BCUT2D eigenvalue weighted by molar-refractivity contribution is 5.76. The lowest BCUT2D eigenvalue weighted by Crippen LogP contribution is -2.45.